The molecule has 0 aliphatic carbocycles. The zero-order valence-corrected chi connectivity index (χ0v) is 15.7. The summed E-state index contributed by atoms with van der Waals surface area (Å²) in [6.07, 6.45) is 1.31. The summed E-state index contributed by atoms with van der Waals surface area (Å²) in [5, 5.41) is 6.36. The highest BCUT2D eigenvalue weighted by atomic mass is 79.9. The zero-order valence-electron chi connectivity index (χ0n) is 14.1. The van der Waals surface area contributed by atoms with Gasteiger partial charge in [-0.05, 0) is 36.8 Å². The largest absolute Gasteiger partial charge is 0.494 e. The van der Waals surface area contributed by atoms with Gasteiger partial charge >= 0.3 is 0 Å². The Bertz CT molecular complexity index is 981. The van der Waals surface area contributed by atoms with E-state index in [1.54, 1.807) is 0 Å². The number of hydrogen-bond donors (Lipinski definition) is 2. The van der Waals surface area contributed by atoms with Crippen LogP contribution in [0.1, 0.15) is 5.56 Å². The molecule has 0 radical (unpaired) electrons. The predicted molar refractivity (Wildman–Crippen MR) is 102 cm³/mol. The lowest BCUT2D eigenvalue weighted by molar-refractivity contribution is -0.114. The molecule has 1 aromatic heterocycles. The molecule has 8 heteroatoms. The van der Waals surface area contributed by atoms with Crippen LogP contribution in [0.5, 0.6) is 5.75 Å². The number of carbonyl (C=O) groups is 1. The highest BCUT2D eigenvalue weighted by molar-refractivity contribution is 9.10. The summed E-state index contributed by atoms with van der Waals surface area (Å²) in [5.74, 6) is -0.217. The maximum Gasteiger partial charge on any atom is 0.243 e. The normalized spacial score (nSPS) is 10.6. The lowest BCUT2D eigenvalue weighted by Gasteiger charge is -2.11. The number of hydrogen-bond acceptors (Lipinski definition) is 5. The van der Waals surface area contributed by atoms with E-state index in [0.717, 1.165) is 15.7 Å². The van der Waals surface area contributed by atoms with E-state index in [4.69, 9.17) is 4.74 Å². The van der Waals surface area contributed by atoms with E-state index < -0.39 is 5.82 Å². The number of nitrogens with zero attached hydrogens (tertiary/aromatic N) is 2. The van der Waals surface area contributed by atoms with Gasteiger partial charge in [-0.1, -0.05) is 15.9 Å². The van der Waals surface area contributed by atoms with Crippen LogP contribution in [0, 0.1) is 12.7 Å². The molecule has 0 saturated carbocycles. The minimum atomic E-state index is -0.506. The first-order valence-electron chi connectivity index (χ1n) is 7.76. The second-order valence-corrected chi connectivity index (χ2v) is 6.50. The van der Waals surface area contributed by atoms with Crippen molar-refractivity contribution < 1.29 is 13.9 Å². The maximum atomic E-state index is 13.8. The summed E-state index contributed by atoms with van der Waals surface area (Å²) in [6, 6.07) is 8.37. The van der Waals surface area contributed by atoms with Gasteiger partial charge in [-0.2, -0.15) is 0 Å². The molecule has 0 atom stereocenters. The van der Waals surface area contributed by atoms with E-state index in [1.165, 1.54) is 25.6 Å². The van der Waals surface area contributed by atoms with Gasteiger partial charge in [0, 0.05) is 21.6 Å². The highest BCUT2D eigenvalue weighted by Crippen LogP contribution is 2.27. The molecular weight excluding hydrogens is 403 g/mol. The Labute approximate surface area is 157 Å². The third-order valence-corrected chi connectivity index (χ3v) is 4.28. The third-order valence-electron chi connectivity index (χ3n) is 3.79. The van der Waals surface area contributed by atoms with Crippen LogP contribution in [0.2, 0.25) is 0 Å². The standard InChI is InChI=1S/C18H16BrFN4O2/c1-10-5-11(19)3-4-14(10)24-17(25)8-21-18-12-6-16(26-2)13(20)7-15(12)22-9-23-18/h3-7,9H,8H2,1-2H3,(H,24,25)(H,21,22,23). The van der Waals surface area contributed by atoms with Crippen molar-refractivity contribution in [3.05, 3.63) is 52.5 Å². The molecule has 0 bridgehead atoms. The summed E-state index contributed by atoms with van der Waals surface area (Å²) in [4.78, 5) is 20.4. The fraction of sp³-hybridized carbons (Fsp3) is 0.167. The Morgan fingerprint density at radius 3 is 2.81 bits per heavy atom. The molecule has 0 saturated heterocycles. The number of methoxy groups -OCH3 is 1. The van der Waals surface area contributed by atoms with Gasteiger partial charge < -0.3 is 15.4 Å². The number of nitrogens with one attached hydrogen (secondary N) is 2. The monoisotopic (exact) mass is 418 g/mol. The lowest BCUT2D eigenvalue weighted by atomic mass is 10.2. The maximum absolute atomic E-state index is 13.8. The average molecular weight is 419 g/mol. The Morgan fingerprint density at radius 1 is 1.27 bits per heavy atom. The second kappa shape index (κ2) is 7.65. The van der Waals surface area contributed by atoms with Gasteiger partial charge in [-0.3, -0.25) is 4.79 Å². The molecule has 0 aliphatic heterocycles. The summed E-state index contributed by atoms with van der Waals surface area (Å²) in [7, 11) is 1.38. The molecule has 1 heterocycles. The topological polar surface area (TPSA) is 76.1 Å². The van der Waals surface area contributed by atoms with Crippen LogP contribution < -0.4 is 15.4 Å². The molecule has 3 rings (SSSR count). The van der Waals surface area contributed by atoms with Crippen molar-refractivity contribution >= 4 is 44.2 Å². The number of carbonyl (C=O) groups excluding carboxylic acids is 1. The Hall–Kier alpha value is -2.74. The number of amides is 1. The zero-order chi connectivity index (χ0) is 18.7. The van der Waals surface area contributed by atoms with Crippen LogP contribution in [-0.4, -0.2) is 29.5 Å². The summed E-state index contributed by atoms with van der Waals surface area (Å²) in [6.45, 7) is 1.91. The molecule has 134 valence electrons. The van der Waals surface area contributed by atoms with Crippen molar-refractivity contribution in [3.8, 4) is 5.75 Å². The molecule has 0 fully saturated rings. The number of halogens is 2. The number of fused-ring (bicyclic) bond motifs is 1. The van der Waals surface area contributed by atoms with Gasteiger partial charge in [-0.25, -0.2) is 14.4 Å². The minimum absolute atomic E-state index is 0.00130. The van der Waals surface area contributed by atoms with Crippen LogP contribution in [0.15, 0.2) is 41.1 Å². The van der Waals surface area contributed by atoms with Gasteiger partial charge in [-0.15, -0.1) is 0 Å². The van der Waals surface area contributed by atoms with E-state index in [-0.39, 0.29) is 18.2 Å². The fourth-order valence-corrected chi connectivity index (χ4v) is 2.96. The number of benzene rings is 2. The summed E-state index contributed by atoms with van der Waals surface area (Å²) < 4.78 is 19.7. The van der Waals surface area contributed by atoms with E-state index in [0.29, 0.717) is 16.7 Å². The molecule has 6 nitrogen and oxygen atoms in total. The molecule has 0 unspecified atom stereocenters. The molecule has 26 heavy (non-hydrogen) atoms. The van der Waals surface area contributed by atoms with Crippen molar-refractivity contribution in [2.45, 2.75) is 6.92 Å². The van der Waals surface area contributed by atoms with Crippen molar-refractivity contribution in [1.29, 1.82) is 0 Å². The molecule has 2 N–H and O–H groups in total. The Kier molecular flexibility index (Phi) is 5.32. The second-order valence-electron chi connectivity index (χ2n) is 5.59. The van der Waals surface area contributed by atoms with E-state index in [2.05, 4.69) is 36.5 Å². The first kappa shape index (κ1) is 18.1. The molecule has 0 spiro atoms. The Morgan fingerprint density at radius 2 is 2.08 bits per heavy atom. The minimum Gasteiger partial charge on any atom is -0.494 e. The highest BCUT2D eigenvalue weighted by Gasteiger charge is 2.11. The van der Waals surface area contributed by atoms with Gasteiger partial charge in [0.25, 0.3) is 0 Å². The van der Waals surface area contributed by atoms with Crippen LogP contribution in [0.4, 0.5) is 15.9 Å². The average Bonchev–Trinajstić information content (AvgIpc) is 2.61. The van der Waals surface area contributed by atoms with Crippen LogP contribution in [-0.2, 0) is 4.79 Å². The van der Waals surface area contributed by atoms with Crippen LogP contribution >= 0.6 is 15.9 Å². The molecule has 0 aliphatic rings. The van der Waals surface area contributed by atoms with Crippen molar-refractivity contribution in [2.24, 2.45) is 0 Å². The summed E-state index contributed by atoms with van der Waals surface area (Å²) in [5.41, 5.74) is 2.10. The molecular formula is C18H16BrFN4O2. The molecule has 3 aromatic rings. The smallest absolute Gasteiger partial charge is 0.243 e. The van der Waals surface area contributed by atoms with E-state index >= 15 is 0 Å². The Balaban J connectivity index is 1.75. The van der Waals surface area contributed by atoms with Crippen molar-refractivity contribution in [1.82, 2.24) is 9.97 Å². The van der Waals surface area contributed by atoms with Crippen molar-refractivity contribution in [2.75, 3.05) is 24.3 Å². The third kappa shape index (κ3) is 3.91. The molecule has 1 amide bonds. The number of rotatable bonds is 5. The van der Waals surface area contributed by atoms with E-state index in [1.807, 2.05) is 25.1 Å². The quantitative estimate of drug-likeness (QED) is 0.656. The molecule has 2 aromatic carbocycles. The van der Waals surface area contributed by atoms with Gasteiger partial charge in [0.15, 0.2) is 11.6 Å². The first-order valence-corrected chi connectivity index (χ1v) is 8.55. The van der Waals surface area contributed by atoms with E-state index in [9.17, 15) is 9.18 Å². The number of ether oxygens (including phenoxy) is 1. The van der Waals surface area contributed by atoms with Crippen LogP contribution in [0.3, 0.4) is 0 Å². The summed E-state index contributed by atoms with van der Waals surface area (Å²) >= 11 is 3.39. The lowest BCUT2D eigenvalue weighted by Crippen LogP contribution is -2.22. The fourth-order valence-electron chi connectivity index (χ4n) is 2.48. The van der Waals surface area contributed by atoms with Gasteiger partial charge in [0.1, 0.15) is 12.1 Å². The first-order chi connectivity index (χ1) is 12.5. The number of aromatic nitrogens is 2. The van der Waals surface area contributed by atoms with Gasteiger partial charge in [0.05, 0.1) is 19.2 Å². The number of anilines is 2. The van der Waals surface area contributed by atoms with Crippen molar-refractivity contribution in [3.63, 3.8) is 0 Å². The van der Waals surface area contributed by atoms with Crippen LogP contribution in [0.25, 0.3) is 10.9 Å². The SMILES string of the molecule is COc1cc2c(NCC(=O)Nc3ccc(Br)cc3C)ncnc2cc1F. The predicted octanol–water partition coefficient (Wildman–Crippen LogP) is 3.90. The van der Waals surface area contributed by atoms with Gasteiger partial charge in [0.2, 0.25) is 5.91 Å². The number of aryl methyl sites for hydroxylation is 1.